The molecule has 8 nitrogen and oxygen atoms in total. The van der Waals surface area contributed by atoms with Crippen LogP contribution in [0.2, 0.25) is 0 Å². The molecule has 156 valence electrons. The van der Waals surface area contributed by atoms with Gasteiger partial charge in [0.2, 0.25) is 10.9 Å². The van der Waals surface area contributed by atoms with E-state index in [-0.39, 0.29) is 24.1 Å². The summed E-state index contributed by atoms with van der Waals surface area (Å²) in [6.07, 6.45) is 0. The minimum Gasteiger partial charge on any atom is -0.497 e. The number of ether oxygens (including phenoxy) is 2. The Balaban J connectivity index is 1.40. The largest absolute Gasteiger partial charge is 0.497 e. The minimum atomic E-state index is -0.457. The molecule has 0 aliphatic carbocycles. The van der Waals surface area contributed by atoms with Gasteiger partial charge in [-0.15, -0.1) is 10.2 Å². The number of hydrogen-bond acceptors (Lipinski definition) is 7. The first-order valence-corrected chi connectivity index (χ1v) is 9.72. The molecule has 0 saturated carbocycles. The third kappa shape index (κ3) is 6.33. The number of benzene rings is 2. The Morgan fingerprint density at radius 2 is 1.93 bits per heavy atom. The molecule has 0 atom stereocenters. The van der Waals surface area contributed by atoms with Gasteiger partial charge in [0.05, 0.1) is 7.11 Å². The van der Waals surface area contributed by atoms with E-state index in [9.17, 15) is 14.0 Å². The molecule has 3 aromatic rings. The summed E-state index contributed by atoms with van der Waals surface area (Å²) in [4.78, 5) is 24.1. The Labute approximate surface area is 176 Å². The number of nitrogens with one attached hydrogen (secondary N) is 2. The summed E-state index contributed by atoms with van der Waals surface area (Å²) in [6.45, 7) is 0.251. The monoisotopic (exact) mass is 430 g/mol. The molecule has 0 aliphatic heterocycles. The number of hydrogen-bond donors (Lipinski definition) is 2. The van der Waals surface area contributed by atoms with Crippen molar-refractivity contribution in [1.82, 2.24) is 15.5 Å². The van der Waals surface area contributed by atoms with Gasteiger partial charge in [0.1, 0.15) is 29.8 Å². The maximum atomic E-state index is 12.9. The standard InChI is InChI=1S/C20H19FN4O4S/c1-28-16-4-2-3-13(9-16)10-22-17(26)11-29-12-18-24-25-20(30-18)19(27)23-15-7-5-14(21)6-8-15/h2-9H,10-12H2,1H3,(H,22,26)(H,23,27). The molecular weight excluding hydrogens is 411 g/mol. The molecule has 2 N–H and O–H groups in total. The van der Waals surface area contributed by atoms with Gasteiger partial charge in [-0.25, -0.2) is 4.39 Å². The first-order chi connectivity index (χ1) is 14.5. The van der Waals surface area contributed by atoms with Crippen LogP contribution in [0.25, 0.3) is 0 Å². The Bertz CT molecular complexity index is 1010. The lowest BCUT2D eigenvalue weighted by molar-refractivity contribution is -0.126. The first-order valence-electron chi connectivity index (χ1n) is 8.90. The summed E-state index contributed by atoms with van der Waals surface area (Å²) in [5, 5.41) is 13.6. The Morgan fingerprint density at radius 1 is 1.13 bits per heavy atom. The zero-order valence-electron chi connectivity index (χ0n) is 16.1. The van der Waals surface area contributed by atoms with Crippen LogP contribution in [-0.2, 0) is 22.7 Å². The van der Waals surface area contributed by atoms with Crippen molar-refractivity contribution in [2.45, 2.75) is 13.2 Å². The van der Waals surface area contributed by atoms with Gasteiger partial charge in [-0.05, 0) is 42.0 Å². The predicted octanol–water partition coefficient (Wildman–Crippen LogP) is 2.77. The molecular formula is C20H19FN4O4S. The van der Waals surface area contributed by atoms with Crippen molar-refractivity contribution in [3.8, 4) is 5.75 Å². The number of aromatic nitrogens is 2. The van der Waals surface area contributed by atoms with E-state index in [0.29, 0.717) is 23.0 Å². The van der Waals surface area contributed by atoms with Gasteiger partial charge in [-0.2, -0.15) is 0 Å². The number of anilines is 1. The molecule has 2 aromatic carbocycles. The summed E-state index contributed by atoms with van der Waals surface area (Å²) >= 11 is 1.05. The maximum Gasteiger partial charge on any atom is 0.286 e. The van der Waals surface area contributed by atoms with Crippen molar-refractivity contribution in [3.05, 3.63) is 69.9 Å². The van der Waals surface area contributed by atoms with E-state index in [1.54, 1.807) is 7.11 Å². The van der Waals surface area contributed by atoms with Gasteiger partial charge in [0.15, 0.2) is 0 Å². The second kappa shape index (κ2) is 10.4. The topological polar surface area (TPSA) is 102 Å². The van der Waals surface area contributed by atoms with Crippen LogP contribution < -0.4 is 15.4 Å². The van der Waals surface area contributed by atoms with Crippen molar-refractivity contribution >= 4 is 28.8 Å². The van der Waals surface area contributed by atoms with Crippen LogP contribution in [0.4, 0.5) is 10.1 Å². The van der Waals surface area contributed by atoms with Crippen LogP contribution in [0.5, 0.6) is 5.75 Å². The number of carbonyl (C=O) groups is 2. The van der Waals surface area contributed by atoms with Crippen molar-refractivity contribution in [2.24, 2.45) is 0 Å². The van der Waals surface area contributed by atoms with Gasteiger partial charge in [-0.1, -0.05) is 23.5 Å². The van der Waals surface area contributed by atoms with E-state index in [2.05, 4.69) is 20.8 Å². The van der Waals surface area contributed by atoms with Crippen LogP contribution in [0.3, 0.4) is 0 Å². The van der Waals surface area contributed by atoms with E-state index in [4.69, 9.17) is 9.47 Å². The molecule has 30 heavy (non-hydrogen) atoms. The zero-order chi connectivity index (χ0) is 21.3. The number of carbonyl (C=O) groups excluding carboxylic acids is 2. The first kappa shape index (κ1) is 21.3. The molecule has 1 aromatic heterocycles. The van der Waals surface area contributed by atoms with Crippen LogP contribution >= 0.6 is 11.3 Å². The number of amides is 2. The molecule has 1 heterocycles. The lowest BCUT2D eigenvalue weighted by Gasteiger charge is -2.07. The van der Waals surface area contributed by atoms with Crippen molar-refractivity contribution < 1.29 is 23.5 Å². The van der Waals surface area contributed by atoms with Gasteiger partial charge < -0.3 is 20.1 Å². The van der Waals surface area contributed by atoms with Crippen LogP contribution in [0.15, 0.2) is 48.5 Å². The molecule has 0 unspecified atom stereocenters. The number of methoxy groups -OCH3 is 1. The van der Waals surface area contributed by atoms with E-state index in [1.165, 1.54) is 24.3 Å². The van der Waals surface area contributed by atoms with Crippen molar-refractivity contribution in [1.29, 1.82) is 0 Å². The van der Waals surface area contributed by atoms with Crippen LogP contribution in [0, 0.1) is 5.82 Å². The van der Waals surface area contributed by atoms with Crippen LogP contribution in [0.1, 0.15) is 20.4 Å². The highest BCUT2D eigenvalue weighted by atomic mass is 32.1. The van der Waals surface area contributed by atoms with E-state index >= 15 is 0 Å². The fourth-order valence-electron chi connectivity index (χ4n) is 2.39. The van der Waals surface area contributed by atoms with Gasteiger partial charge in [-0.3, -0.25) is 9.59 Å². The quantitative estimate of drug-likeness (QED) is 0.541. The molecule has 0 spiro atoms. The lowest BCUT2D eigenvalue weighted by atomic mass is 10.2. The average Bonchev–Trinajstić information content (AvgIpc) is 3.23. The molecule has 0 saturated heterocycles. The predicted molar refractivity (Wildman–Crippen MR) is 109 cm³/mol. The highest BCUT2D eigenvalue weighted by molar-refractivity contribution is 7.13. The fraction of sp³-hybridized carbons (Fsp3) is 0.200. The van der Waals surface area contributed by atoms with E-state index < -0.39 is 11.7 Å². The van der Waals surface area contributed by atoms with E-state index in [1.807, 2.05) is 24.3 Å². The second-order valence-corrected chi connectivity index (χ2v) is 7.15. The fourth-order valence-corrected chi connectivity index (χ4v) is 3.06. The highest BCUT2D eigenvalue weighted by Crippen LogP contribution is 2.15. The molecule has 3 rings (SSSR count). The summed E-state index contributed by atoms with van der Waals surface area (Å²) in [5.41, 5.74) is 1.35. The third-order valence-electron chi connectivity index (χ3n) is 3.85. The molecule has 0 radical (unpaired) electrons. The van der Waals surface area contributed by atoms with Crippen molar-refractivity contribution in [2.75, 3.05) is 19.0 Å². The smallest absolute Gasteiger partial charge is 0.286 e. The summed E-state index contributed by atoms with van der Waals surface area (Å²) < 4.78 is 23.4. The normalized spacial score (nSPS) is 10.5. The molecule has 0 bridgehead atoms. The lowest BCUT2D eigenvalue weighted by Crippen LogP contribution is -2.27. The summed E-state index contributed by atoms with van der Waals surface area (Å²) in [7, 11) is 1.58. The van der Waals surface area contributed by atoms with Gasteiger partial charge in [0.25, 0.3) is 5.91 Å². The number of nitrogens with zero attached hydrogens (tertiary/aromatic N) is 2. The average molecular weight is 430 g/mol. The molecule has 0 aliphatic rings. The summed E-state index contributed by atoms with van der Waals surface area (Å²) in [5.74, 6) is -0.414. The Kier molecular flexibility index (Phi) is 7.41. The maximum absolute atomic E-state index is 12.9. The SMILES string of the molecule is COc1cccc(CNC(=O)COCc2nnc(C(=O)Nc3ccc(F)cc3)s2)c1. The highest BCUT2D eigenvalue weighted by Gasteiger charge is 2.14. The number of halogens is 1. The number of rotatable bonds is 9. The van der Waals surface area contributed by atoms with Gasteiger partial charge >= 0.3 is 0 Å². The van der Waals surface area contributed by atoms with E-state index in [0.717, 1.165) is 16.9 Å². The molecule has 0 fully saturated rings. The van der Waals surface area contributed by atoms with Crippen LogP contribution in [-0.4, -0.2) is 35.7 Å². The summed E-state index contributed by atoms with van der Waals surface area (Å²) in [6, 6.07) is 12.8. The van der Waals surface area contributed by atoms with Crippen molar-refractivity contribution in [3.63, 3.8) is 0 Å². The minimum absolute atomic E-state index is 0.0497. The zero-order valence-corrected chi connectivity index (χ0v) is 16.9. The third-order valence-corrected chi connectivity index (χ3v) is 4.74. The van der Waals surface area contributed by atoms with Gasteiger partial charge in [0, 0.05) is 12.2 Å². The Hall–Kier alpha value is -3.37. The Morgan fingerprint density at radius 3 is 2.70 bits per heavy atom. The molecule has 2 amide bonds. The second-order valence-electron chi connectivity index (χ2n) is 6.08. The molecule has 10 heteroatoms.